The van der Waals surface area contributed by atoms with E-state index in [9.17, 15) is 9.59 Å². The molecule has 80 valence electrons. The third-order valence-electron chi connectivity index (χ3n) is 2.08. The first-order valence-corrected chi connectivity index (χ1v) is 5.44. The summed E-state index contributed by atoms with van der Waals surface area (Å²) in [5, 5.41) is 0. The molecule has 0 bridgehead atoms. The van der Waals surface area contributed by atoms with Gasteiger partial charge in [0.05, 0.1) is 0 Å². The fourth-order valence-electron chi connectivity index (χ4n) is 1.26. The highest BCUT2D eigenvalue weighted by Gasteiger charge is 1.97. The predicted octanol–water partition coefficient (Wildman–Crippen LogP) is 3.06. The molecular formula is C12H20O2. The van der Waals surface area contributed by atoms with E-state index in [4.69, 9.17) is 0 Å². The molecule has 0 aliphatic rings. The van der Waals surface area contributed by atoms with Gasteiger partial charge in [0.2, 0.25) is 0 Å². The molecule has 0 heterocycles. The number of ketones is 1. The van der Waals surface area contributed by atoms with Crippen molar-refractivity contribution < 1.29 is 9.59 Å². The average Bonchev–Trinajstić information content (AvgIpc) is 2.21. The smallest absolute Gasteiger partial charge is 0.195 e. The van der Waals surface area contributed by atoms with Crippen LogP contribution >= 0.6 is 0 Å². The molecule has 0 radical (unpaired) electrons. The van der Waals surface area contributed by atoms with Crippen LogP contribution in [0.25, 0.3) is 0 Å². The van der Waals surface area contributed by atoms with Gasteiger partial charge in [-0.05, 0) is 25.7 Å². The fourth-order valence-corrected chi connectivity index (χ4v) is 1.26. The molecule has 0 aromatic carbocycles. The highest BCUT2D eigenvalue weighted by atomic mass is 16.2. The SMILES string of the molecule is CCC=CCCCCCCC(=O)C=O. The molecule has 0 saturated carbocycles. The summed E-state index contributed by atoms with van der Waals surface area (Å²) in [5.74, 6) is -0.268. The molecule has 0 fully saturated rings. The molecule has 0 aromatic rings. The lowest BCUT2D eigenvalue weighted by Gasteiger charge is -1.96. The van der Waals surface area contributed by atoms with Crippen LogP contribution in [0.3, 0.4) is 0 Å². The van der Waals surface area contributed by atoms with Gasteiger partial charge in [-0.1, -0.05) is 31.9 Å². The molecule has 0 spiro atoms. The van der Waals surface area contributed by atoms with Gasteiger partial charge in [0, 0.05) is 6.42 Å². The van der Waals surface area contributed by atoms with Crippen LogP contribution in [0.15, 0.2) is 12.2 Å². The first-order valence-electron chi connectivity index (χ1n) is 5.44. The third-order valence-corrected chi connectivity index (χ3v) is 2.08. The Morgan fingerprint density at radius 3 is 2.43 bits per heavy atom. The van der Waals surface area contributed by atoms with Crippen LogP contribution in [0.5, 0.6) is 0 Å². The quantitative estimate of drug-likeness (QED) is 0.246. The Labute approximate surface area is 86.4 Å². The zero-order valence-corrected chi connectivity index (χ0v) is 9.00. The number of rotatable bonds is 9. The van der Waals surface area contributed by atoms with Gasteiger partial charge in [-0.25, -0.2) is 0 Å². The first kappa shape index (κ1) is 13.1. The maximum absolute atomic E-state index is 10.6. The summed E-state index contributed by atoms with van der Waals surface area (Å²) in [6.45, 7) is 2.13. The largest absolute Gasteiger partial charge is 0.295 e. The minimum Gasteiger partial charge on any atom is -0.295 e. The van der Waals surface area contributed by atoms with E-state index in [1.54, 1.807) is 0 Å². The van der Waals surface area contributed by atoms with Gasteiger partial charge in [-0.2, -0.15) is 0 Å². The summed E-state index contributed by atoms with van der Waals surface area (Å²) in [5.41, 5.74) is 0. The summed E-state index contributed by atoms with van der Waals surface area (Å²) >= 11 is 0. The number of hydrogen-bond donors (Lipinski definition) is 0. The van der Waals surface area contributed by atoms with Crippen molar-refractivity contribution in [3.05, 3.63) is 12.2 Å². The second-order valence-corrected chi connectivity index (χ2v) is 3.42. The molecule has 0 atom stereocenters. The van der Waals surface area contributed by atoms with Crippen molar-refractivity contribution in [1.82, 2.24) is 0 Å². The van der Waals surface area contributed by atoms with Crippen molar-refractivity contribution >= 4 is 12.1 Å². The Morgan fingerprint density at radius 2 is 1.79 bits per heavy atom. The molecule has 0 aliphatic carbocycles. The lowest BCUT2D eigenvalue weighted by molar-refractivity contribution is -0.129. The van der Waals surface area contributed by atoms with Crippen LogP contribution in [-0.4, -0.2) is 12.1 Å². The van der Waals surface area contributed by atoms with E-state index in [1.807, 2.05) is 0 Å². The van der Waals surface area contributed by atoms with Crippen molar-refractivity contribution in [2.24, 2.45) is 0 Å². The Morgan fingerprint density at radius 1 is 1.07 bits per heavy atom. The summed E-state index contributed by atoms with van der Waals surface area (Å²) in [7, 11) is 0. The van der Waals surface area contributed by atoms with E-state index >= 15 is 0 Å². The number of carbonyl (C=O) groups excluding carboxylic acids is 2. The van der Waals surface area contributed by atoms with Crippen LogP contribution in [0.2, 0.25) is 0 Å². The van der Waals surface area contributed by atoms with E-state index in [2.05, 4.69) is 19.1 Å². The second-order valence-electron chi connectivity index (χ2n) is 3.42. The van der Waals surface area contributed by atoms with Crippen LogP contribution in [0, 0.1) is 0 Å². The summed E-state index contributed by atoms with van der Waals surface area (Å²) in [4.78, 5) is 20.6. The van der Waals surface area contributed by atoms with Crippen molar-refractivity contribution in [2.75, 3.05) is 0 Å². The molecule has 2 nitrogen and oxygen atoms in total. The minimum atomic E-state index is -0.268. The lowest BCUT2D eigenvalue weighted by Crippen LogP contribution is -1.97. The zero-order valence-electron chi connectivity index (χ0n) is 9.00. The lowest BCUT2D eigenvalue weighted by atomic mass is 10.1. The second kappa shape index (κ2) is 10.2. The van der Waals surface area contributed by atoms with Crippen molar-refractivity contribution in [1.29, 1.82) is 0 Å². The molecule has 0 amide bonds. The van der Waals surface area contributed by atoms with E-state index < -0.39 is 0 Å². The van der Waals surface area contributed by atoms with Gasteiger partial charge in [0.25, 0.3) is 0 Å². The summed E-state index contributed by atoms with van der Waals surface area (Å²) in [6.07, 6.45) is 11.7. The van der Waals surface area contributed by atoms with Gasteiger partial charge in [-0.15, -0.1) is 0 Å². The van der Waals surface area contributed by atoms with Gasteiger partial charge in [-0.3, -0.25) is 9.59 Å². The number of allylic oxidation sites excluding steroid dienone is 2. The summed E-state index contributed by atoms with van der Waals surface area (Å²) < 4.78 is 0. The highest BCUT2D eigenvalue weighted by molar-refractivity contribution is 6.24. The third kappa shape index (κ3) is 9.17. The normalized spacial score (nSPS) is 10.6. The van der Waals surface area contributed by atoms with Gasteiger partial charge in [0.1, 0.15) is 0 Å². The van der Waals surface area contributed by atoms with Crippen LogP contribution in [-0.2, 0) is 9.59 Å². The van der Waals surface area contributed by atoms with Gasteiger partial charge >= 0.3 is 0 Å². The number of aldehydes is 1. The molecule has 2 heteroatoms. The highest BCUT2D eigenvalue weighted by Crippen LogP contribution is 2.06. The molecule has 0 rings (SSSR count). The first-order chi connectivity index (χ1) is 6.81. The Hall–Kier alpha value is -0.920. The molecule has 0 aliphatic heterocycles. The van der Waals surface area contributed by atoms with Gasteiger partial charge in [0.15, 0.2) is 12.1 Å². The van der Waals surface area contributed by atoms with E-state index in [0.29, 0.717) is 12.7 Å². The average molecular weight is 196 g/mol. The Balaban J connectivity index is 3.10. The van der Waals surface area contributed by atoms with Gasteiger partial charge < -0.3 is 0 Å². The number of carbonyl (C=O) groups is 2. The summed E-state index contributed by atoms with van der Waals surface area (Å²) in [6, 6.07) is 0. The molecule has 0 aromatic heterocycles. The van der Waals surface area contributed by atoms with Crippen molar-refractivity contribution in [3.8, 4) is 0 Å². The zero-order chi connectivity index (χ0) is 10.6. The van der Waals surface area contributed by atoms with Crippen molar-refractivity contribution in [3.63, 3.8) is 0 Å². The molecule has 0 saturated heterocycles. The number of Topliss-reactive ketones (excluding diaryl/α,β-unsaturated/α-hetero) is 1. The van der Waals surface area contributed by atoms with Crippen LogP contribution < -0.4 is 0 Å². The monoisotopic (exact) mass is 196 g/mol. The number of hydrogen-bond acceptors (Lipinski definition) is 2. The maximum atomic E-state index is 10.6. The van der Waals surface area contributed by atoms with E-state index in [0.717, 1.165) is 32.1 Å². The van der Waals surface area contributed by atoms with Crippen molar-refractivity contribution in [2.45, 2.75) is 51.9 Å². The predicted molar refractivity (Wildman–Crippen MR) is 58.2 cm³/mol. The van der Waals surface area contributed by atoms with Crippen LogP contribution in [0.1, 0.15) is 51.9 Å². The molecule has 0 N–H and O–H groups in total. The standard InChI is InChI=1S/C12H20O2/c1-2-3-4-5-6-7-8-9-10-12(14)11-13/h3-4,11H,2,5-10H2,1H3. The fraction of sp³-hybridized carbons (Fsp3) is 0.667. The maximum Gasteiger partial charge on any atom is 0.195 e. The Kier molecular flexibility index (Phi) is 9.49. The molecular weight excluding hydrogens is 176 g/mol. The topological polar surface area (TPSA) is 34.1 Å². The Bertz CT molecular complexity index is 183. The van der Waals surface area contributed by atoms with E-state index in [1.165, 1.54) is 6.42 Å². The van der Waals surface area contributed by atoms with E-state index in [-0.39, 0.29) is 5.78 Å². The minimum absolute atomic E-state index is 0.268. The molecule has 0 unspecified atom stereocenters. The number of unbranched alkanes of at least 4 members (excludes halogenated alkanes) is 4. The molecule has 14 heavy (non-hydrogen) atoms. The van der Waals surface area contributed by atoms with Crippen LogP contribution in [0.4, 0.5) is 0 Å².